The van der Waals surface area contributed by atoms with Crippen molar-refractivity contribution in [3.8, 4) is 0 Å². The van der Waals surface area contributed by atoms with Crippen LogP contribution in [0.1, 0.15) is 74.2 Å². The highest BCUT2D eigenvalue weighted by Crippen LogP contribution is 2.38. The predicted octanol–water partition coefficient (Wildman–Crippen LogP) is 3.42. The maximum atomic E-state index is 12.7. The number of aromatic nitrogens is 1. The molecule has 0 spiro atoms. The molecule has 0 aromatic carbocycles. The summed E-state index contributed by atoms with van der Waals surface area (Å²) in [6, 6.07) is 0.302. The Hall–Kier alpha value is -1.76. The average molecular weight is 390 g/mol. The van der Waals surface area contributed by atoms with E-state index >= 15 is 0 Å². The van der Waals surface area contributed by atoms with Crippen LogP contribution in [0.4, 0.5) is 5.13 Å². The van der Waals surface area contributed by atoms with Crippen LogP contribution < -0.4 is 5.32 Å². The first kappa shape index (κ1) is 18.6. The number of Topliss-reactive ketones (excluding diaryl/α,β-unsaturated/α-hetero) is 1. The number of rotatable bonds is 3. The number of anilines is 1. The molecule has 0 unspecified atom stereocenters. The summed E-state index contributed by atoms with van der Waals surface area (Å²) in [7, 11) is 0. The summed E-state index contributed by atoms with van der Waals surface area (Å²) in [5.74, 6) is -0.275. The van der Waals surface area contributed by atoms with Crippen LogP contribution in [0.15, 0.2) is 0 Å². The number of thiazole rings is 1. The van der Waals surface area contributed by atoms with Crippen LogP contribution in [-0.2, 0) is 16.0 Å². The molecule has 2 heterocycles. The molecule has 1 saturated carbocycles. The van der Waals surface area contributed by atoms with Gasteiger partial charge in [0, 0.05) is 25.4 Å². The van der Waals surface area contributed by atoms with Gasteiger partial charge in [0.1, 0.15) is 0 Å². The highest BCUT2D eigenvalue weighted by molar-refractivity contribution is 7.17. The minimum Gasteiger partial charge on any atom is -0.339 e. The van der Waals surface area contributed by atoms with Crippen molar-refractivity contribution in [3.63, 3.8) is 0 Å². The van der Waals surface area contributed by atoms with Crippen LogP contribution in [-0.4, -0.2) is 40.1 Å². The molecule has 4 rings (SSSR count). The van der Waals surface area contributed by atoms with Gasteiger partial charge in [-0.3, -0.25) is 14.4 Å². The minimum atomic E-state index is -0.326. The second-order valence-corrected chi connectivity index (χ2v) is 9.96. The summed E-state index contributed by atoms with van der Waals surface area (Å²) in [6.45, 7) is 4.64. The van der Waals surface area contributed by atoms with E-state index in [-0.39, 0.29) is 35.4 Å². The fraction of sp³-hybridized carbons (Fsp3) is 0.700. The molecule has 7 heteroatoms. The van der Waals surface area contributed by atoms with E-state index in [2.05, 4.69) is 24.1 Å². The largest absolute Gasteiger partial charge is 0.339 e. The Morgan fingerprint density at radius 2 is 1.93 bits per heavy atom. The van der Waals surface area contributed by atoms with Gasteiger partial charge in [-0.2, -0.15) is 0 Å². The van der Waals surface area contributed by atoms with Crippen molar-refractivity contribution in [2.45, 2.75) is 71.3 Å². The number of hydrogen-bond acceptors (Lipinski definition) is 5. The SMILES string of the molecule is CC1(C)CC(=O)c2sc(NC(=O)[C@@H]3CC(=O)N(C4CCCCC4)C3)nc2C1. The smallest absolute Gasteiger partial charge is 0.231 e. The van der Waals surface area contributed by atoms with Crippen LogP contribution >= 0.6 is 11.3 Å². The zero-order chi connectivity index (χ0) is 19.2. The third kappa shape index (κ3) is 3.79. The summed E-state index contributed by atoms with van der Waals surface area (Å²) < 4.78 is 0. The summed E-state index contributed by atoms with van der Waals surface area (Å²) in [5, 5.41) is 3.36. The molecule has 1 aromatic heterocycles. The molecular weight excluding hydrogens is 362 g/mol. The number of fused-ring (bicyclic) bond motifs is 1. The van der Waals surface area contributed by atoms with Crippen LogP contribution in [0.25, 0.3) is 0 Å². The molecule has 27 heavy (non-hydrogen) atoms. The molecule has 2 aliphatic carbocycles. The van der Waals surface area contributed by atoms with Crippen LogP contribution in [0.3, 0.4) is 0 Å². The molecule has 146 valence electrons. The topological polar surface area (TPSA) is 79.4 Å². The van der Waals surface area contributed by atoms with Crippen LogP contribution in [0, 0.1) is 11.3 Å². The van der Waals surface area contributed by atoms with Crippen LogP contribution in [0.2, 0.25) is 0 Å². The Morgan fingerprint density at radius 3 is 2.67 bits per heavy atom. The zero-order valence-electron chi connectivity index (χ0n) is 16.0. The van der Waals surface area contributed by atoms with Gasteiger partial charge in [0.15, 0.2) is 10.9 Å². The van der Waals surface area contributed by atoms with Crippen molar-refractivity contribution in [1.29, 1.82) is 0 Å². The number of likely N-dealkylation sites (tertiary alicyclic amines) is 1. The lowest BCUT2D eigenvalue weighted by Gasteiger charge is -2.31. The van der Waals surface area contributed by atoms with Crippen molar-refractivity contribution >= 4 is 34.1 Å². The molecule has 6 nitrogen and oxygen atoms in total. The summed E-state index contributed by atoms with van der Waals surface area (Å²) in [4.78, 5) is 44.5. The predicted molar refractivity (Wildman–Crippen MR) is 104 cm³/mol. The highest BCUT2D eigenvalue weighted by Gasteiger charge is 2.39. The van der Waals surface area contributed by atoms with E-state index in [1.807, 2.05) is 4.90 Å². The Balaban J connectivity index is 1.41. The van der Waals surface area contributed by atoms with E-state index in [1.54, 1.807) is 0 Å². The van der Waals surface area contributed by atoms with Gasteiger partial charge in [-0.1, -0.05) is 44.4 Å². The van der Waals surface area contributed by atoms with Crippen molar-refractivity contribution in [2.75, 3.05) is 11.9 Å². The molecule has 1 aromatic rings. The number of nitrogens with zero attached hydrogens (tertiary/aromatic N) is 2. The molecule has 1 saturated heterocycles. The van der Waals surface area contributed by atoms with Crippen molar-refractivity contribution < 1.29 is 14.4 Å². The molecule has 3 aliphatic rings. The number of carbonyl (C=O) groups is 3. The highest BCUT2D eigenvalue weighted by atomic mass is 32.1. The van der Waals surface area contributed by atoms with Crippen molar-refractivity contribution in [1.82, 2.24) is 9.88 Å². The fourth-order valence-electron chi connectivity index (χ4n) is 4.63. The molecule has 1 N–H and O–H groups in total. The van der Waals surface area contributed by atoms with Crippen molar-refractivity contribution in [2.24, 2.45) is 11.3 Å². The average Bonchev–Trinajstić information content (AvgIpc) is 3.18. The first-order valence-electron chi connectivity index (χ1n) is 9.96. The van der Waals surface area contributed by atoms with Gasteiger partial charge in [0.25, 0.3) is 0 Å². The third-order valence-corrected chi connectivity index (χ3v) is 7.06. The first-order chi connectivity index (χ1) is 12.8. The minimum absolute atomic E-state index is 0.0855. The Bertz CT molecular complexity index is 779. The van der Waals surface area contributed by atoms with E-state index in [0.29, 0.717) is 29.0 Å². The van der Waals surface area contributed by atoms with E-state index in [9.17, 15) is 14.4 Å². The molecular formula is C20H27N3O3S. The van der Waals surface area contributed by atoms with Crippen molar-refractivity contribution in [3.05, 3.63) is 10.6 Å². The van der Waals surface area contributed by atoms with Gasteiger partial charge in [-0.15, -0.1) is 0 Å². The normalized spacial score (nSPS) is 25.6. The number of nitrogens with one attached hydrogen (secondary N) is 1. The second-order valence-electron chi connectivity index (χ2n) is 8.96. The molecule has 1 aliphatic heterocycles. The lowest BCUT2D eigenvalue weighted by atomic mass is 9.78. The molecule has 0 radical (unpaired) electrons. The quantitative estimate of drug-likeness (QED) is 0.859. The molecule has 1 atom stereocenters. The lowest BCUT2D eigenvalue weighted by Crippen LogP contribution is -2.38. The zero-order valence-corrected chi connectivity index (χ0v) is 16.9. The standard InChI is InChI=1S/C20H27N3O3S/c1-20(2)9-14-17(15(24)10-20)27-19(21-14)22-18(26)12-8-16(25)23(11-12)13-6-4-3-5-7-13/h12-13H,3-11H2,1-2H3,(H,21,22,26)/t12-/m1/s1. The summed E-state index contributed by atoms with van der Waals surface area (Å²) >= 11 is 1.27. The number of amides is 2. The number of hydrogen-bond donors (Lipinski definition) is 1. The third-order valence-electron chi connectivity index (χ3n) is 6.01. The second kappa shape index (κ2) is 7.00. The molecule has 2 fully saturated rings. The van der Waals surface area contributed by atoms with Gasteiger partial charge in [0.05, 0.1) is 16.5 Å². The van der Waals surface area contributed by atoms with Gasteiger partial charge >= 0.3 is 0 Å². The van der Waals surface area contributed by atoms with Gasteiger partial charge in [0.2, 0.25) is 11.8 Å². The maximum Gasteiger partial charge on any atom is 0.231 e. The van der Waals surface area contributed by atoms with Gasteiger partial charge < -0.3 is 10.2 Å². The summed E-state index contributed by atoms with van der Waals surface area (Å²) in [6.07, 6.45) is 7.22. The first-order valence-corrected chi connectivity index (χ1v) is 10.8. The molecule has 0 bridgehead atoms. The number of ketones is 1. The van der Waals surface area contributed by atoms with E-state index in [4.69, 9.17) is 0 Å². The van der Waals surface area contributed by atoms with E-state index in [0.717, 1.165) is 25.0 Å². The Labute approximate surface area is 163 Å². The Morgan fingerprint density at radius 1 is 1.19 bits per heavy atom. The fourth-order valence-corrected chi connectivity index (χ4v) is 5.56. The number of carbonyl (C=O) groups excluding carboxylic acids is 3. The molecule has 2 amide bonds. The van der Waals surface area contributed by atoms with E-state index < -0.39 is 0 Å². The maximum absolute atomic E-state index is 12.7. The Kier molecular flexibility index (Phi) is 4.82. The van der Waals surface area contributed by atoms with Gasteiger partial charge in [-0.05, 0) is 24.7 Å². The van der Waals surface area contributed by atoms with E-state index in [1.165, 1.54) is 30.6 Å². The lowest BCUT2D eigenvalue weighted by molar-refractivity contribution is -0.130. The monoisotopic (exact) mass is 389 g/mol. The van der Waals surface area contributed by atoms with Crippen LogP contribution in [0.5, 0.6) is 0 Å². The van der Waals surface area contributed by atoms with Gasteiger partial charge in [-0.25, -0.2) is 4.98 Å². The summed E-state index contributed by atoms with van der Waals surface area (Å²) in [5.41, 5.74) is 0.709.